The molecule has 0 bridgehead atoms. The molecule has 12 heteroatoms. The van der Waals surface area contributed by atoms with Gasteiger partial charge in [0.1, 0.15) is 5.52 Å². The van der Waals surface area contributed by atoms with Crippen molar-refractivity contribution in [3.63, 3.8) is 0 Å². The van der Waals surface area contributed by atoms with Crippen LogP contribution in [-0.4, -0.2) is 50.5 Å². The number of pyridine rings is 1. The molecular formula is C20H19F3N6O3. The average molecular weight is 448 g/mol. The summed E-state index contributed by atoms with van der Waals surface area (Å²) in [5.74, 6) is -3.13. The molecule has 0 spiro atoms. The predicted molar refractivity (Wildman–Crippen MR) is 111 cm³/mol. The summed E-state index contributed by atoms with van der Waals surface area (Å²) in [6, 6.07) is 4.30. The minimum atomic E-state index is -5.08. The zero-order valence-electron chi connectivity index (χ0n) is 16.8. The molecule has 1 aliphatic heterocycles. The van der Waals surface area contributed by atoms with Gasteiger partial charge in [0.2, 0.25) is 0 Å². The molecule has 0 radical (unpaired) electrons. The van der Waals surface area contributed by atoms with Gasteiger partial charge < -0.3 is 15.7 Å². The maximum atomic E-state index is 12.8. The first kappa shape index (κ1) is 22.8. The van der Waals surface area contributed by atoms with E-state index in [1.54, 1.807) is 24.0 Å². The maximum absolute atomic E-state index is 12.8. The average Bonchev–Trinajstić information content (AvgIpc) is 2.97. The number of carboxylic acids is 1. The molecule has 0 aromatic carbocycles. The number of nitrogens with zero attached hydrogens (tertiary/aromatic N) is 5. The SMILES string of the molecule is Cn1c(=O)n(C=C2C=CC=CC2C#N)c2c(N3CC(N)C3)ccnc21.O=C(O)C(F)(F)F. The molecule has 1 atom stereocenters. The Balaban J connectivity index is 0.000000360. The zero-order chi connectivity index (χ0) is 23.6. The molecule has 0 saturated carbocycles. The number of aromatic nitrogens is 3. The predicted octanol–water partition coefficient (Wildman–Crippen LogP) is 1.62. The van der Waals surface area contributed by atoms with E-state index in [1.807, 2.05) is 30.4 Å². The Labute approximate surface area is 179 Å². The molecule has 1 saturated heterocycles. The van der Waals surface area contributed by atoms with Gasteiger partial charge in [0.05, 0.1) is 17.7 Å². The van der Waals surface area contributed by atoms with E-state index in [2.05, 4.69) is 16.0 Å². The van der Waals surface area contributed by atoms with Crippen LogP contribution in [0.4, 0.5) is 18.9 Å². The van der Waals surface area contributed by atoms with Crippen molar-refractivity contribution < 1.29 is 23.1 Å². The molecule has 1 fully saturated rings. The Morgan fingerprint density at radius 3 is 2.59 bits per heavy atom. The lowest BCUT2D eigenvalue weighted by molar-refractivity contribution is -0.192. The van der Waals surface area contributed by atoms with E-state index in [9.17, 15) is 23.2 Å². The summed E-state index contributed by atoms with van der Waals surface area (Å²) in [6.45, 7) is 1.50. The summed E-state index contributed by atoms with van der Waals surface area (Å²) < 4.78 is 34.9. The molecule has 1 aliphatic carbocycles. The highest BCUT2D eigenvalue weighted by molar-refractivity contribution is 5.89. The number of allylic oxidation sites excluding steroid dienone is 5. The van der Waals surface area contributed by atoms with Crippen molar-refractivity contribution >= 4 is 29.0 Å². The first-order chi connectivity index (χ1) is 15.0. The van der Waals surface area contributed by atoms with Gasteiger partial charge >= 0.3 is 17.8 Å². The summed E-state index contributed by atoms with van der Waals surface area (Å²) in [5.41, 5.74) is 8.79. The van der Waals surface area contributed by atoms with Gasteiger partial charge in [-0.1, -0.05) is 24.3 Å². The van der Waals surface area contributed by atoms with E-state index in [4.69, 9.17) is 15.6 Å². The van der Waals surface area contributed by atoms with E-state index in [0.29, 0.717) is 5.65 Å². The number of nitrogens with two attached hydrogens (primary N) is 1. The molecule has 168 valence electrons. The molecule has 4 rings (SSSR count). The normalized spacial score (nSPS) is 19.4. The molecule has 3 N–H and O–H groups in total. The third-order valence-electron chi connectivity index (χ3n) is 4.91. The largest absolute Gasteiger partial charge is 0.490 e. The molecule has 2 aromatic rings. The number of carbonyl (C=O) groups is 1. The summed E-state index contributed by atoms with van der Waals surface area (Å²) in [5, 5.41) is 16.5. The molecule has 3 heterocycles. The number of carboxylic acid groups (broad SMARTS) is 1. The molecule has 32 heavy (non-hydrogen) atoms. The number of alkyl halides is 3. The summed E-state index contributed by atoms with van der Waals surface area (Å²) in [6.07, 6.45) is 5.74. The topological polar surface area (TPSA) is 130 Å². The van der Waals surface area contributed by atoms with Crippen molar-refractivity contribution in [2.45, 2.75) is 12.2 Å². The number of nitriles is 1. The van der Waals surface area contributed by atoms with Gasteiger partial charge in [-0.25, -0.2) is 14.6 Å². The Bertz CT molecular complexity index is 1230. The van der Waals surface area contributed by atoms with Gasteiger partial charge in [-0.2, -0.15) is 18.4 Å². The molecule has 2 aliphatic rings. The molecular weight excluding hydrogens is 429 g/mol. The standard InChI is InChI=1S/C18H18N6O.C2HF3O2/c1-22-17-16(15(6-7-21-17)23-10-14(20)11-23)24(18(22)25)9-13-5-3-2-4-12(13)8-19;3-2(4,5)1(6)7/h2-7,9,12,14H,10-11,20H2,1H3;(H,6,7). The number of halogens is 3. The van der Waals surface area contributed by atoms with E-state index >= 15 is 0 Å². The second-order valence-electron chi connectivity index (χ2n) is 7.16. The Morgan fingerprint density at radius 1 is 1.38 bits per heavy atom. The van der Waals surface area contributed by atoms with Gasteiger partial charge in [-0.3, -0.25) is 9.13 Å². The third-order valence-corrected chi connectivity index (χ3v) is 4.91. The Morgan fingerprint density at radius 2 is 2.03 bits per heavy atom. The quantitative estimate of drug-likeness (QED) is 0.714. The van der Waals surface area contributed by atoms with E-state index < -0.39 is 12.1 Å². The Hall–Kier alpha value is -3.85. The van der Waals surface area contributed by atoms with Gasteiger partial charge in [-0.15, -0.1) is 0 Å². The highest BCUT2D eigenvalue weighted by Crippen LogP contribution is 2.29. The smallest absolute Gasteiger partial charge is 0.475 e. The summed E-state index contributed by atoms with van der Waals surface area (Å²) in [4.78, 5) is 28.2. The number of imidazole rings is 1. The van der Waals surface area contributed by atoms with Crippen LogP contribution in [0.25, 0.3) is 17.4 Å². The fourth-order valence-electron chi connectivity index (χ4n) is 3.29. The van der Waals surface area contributed by atoms with Crippen molar-refractivity contribution in [2.24, 2.45) is 18.7 Å². The van der Waals surface area contributed by atoms with Crippen LogP contribution in [0.1, 0.15) is 0 Å². The molecule has 1 unspecified atom stereocenters. The highest BCUT2D eigenvalue weighted by atomic mass is 19.4. The summed E-state index contributed by atoms with van der Waals surface area (Å²) in [7, 11) is 1.71. The van der Waals surface area contributed by atoms with Crippen molar-refractivity contribution in [2.75, 3.05) is 18.0 Å². The highest BCUT2D eigenvalue weighted by Gasteiger charge is 2.38. The lowest BCUT2D eigenvalue weighted by Gasteiger charge is -2.39. The van der Waals surface area contributed by atoms with Crippen LogP contribution in [0.15, 0.2) is 46.9 Å². The minimum absolute atomic E-state index is 0.153. The zero-order valence-corrected chi connectivity index (χ0v) is 16.8. The van der Waals surface area contributed by atoms with Gasteiger partial charge in [0.25, 0.3) is 0 Å². The Kier molecular flexibility index (Phi) is 6.22. The number of aryl methyl sites for hydroxylation is 1. The number of rotatable bonds is 2. The lowest BCUT2D eigenvalue weighted by Crippen LogP contribution is -2.56. The molecule has 9 nitrogen and oxygen atoms in total. The summed E-state index contributed by atoms with van der Waals surface area (Å²) >= 11 is 0. The number of fused-ring (bicyclic) bond motifs is 1. The van der Waals surface area contributed by atoms with Crippen LogP contribution < -0.4 is 16.3 Å². The molecule has 0 amide bonds. The second kappa shape index (κ2) is 8.72. The van der Waals surface area contributed by atoms with Crippen LogP contribution >= 0.6 is 0 Å². The number of anilines is 1. The van der Waals surface area contributed by atoms with E-state index in [-0.39, 0.29) is 17.6 Å². The number of aliphatic carboxylic acids is 1. The van der Waals surface area contributed by atoms with Crippen LogP contribution in [0, 0.1) is 17.2 Å². The first-order valence-electron chi connectivity index (χ1n) is 9.37. The number of hydrogen-bond acceptors (Lipinski definition) is 6. The van der Waals surface area contributed by atoms with Gasteiger partial charge in [-0.05, 0) is 11.6 Å². The van der Waals surface area contributed by atoms with Crippen LogP contribution in [0.2, 0.25) is 0 Å². The fourth-order valence-corrected chi connectivity index (χ4v) is 3.29. The number of hydrogen-bond donors (Lipinski definition) is 2. The molecule has 2 aromatic heterocycles. The third kappa shape index (κ3) is 4.42. The first-order valence-corrected chi connectivity index (χ1v) is 9.37. The lowest BCUT2D eigenvalue weighted by atomic mass is 9.97. The van der Waals surface area contributed by atoms with Crippen LogP contribution in [0.5, 0.6) is 0 Å². The van der Waals surface area contributed by atoms with Crippen molar-refractivity contribution in [3.05, 3.63) is 52.6 Å². The minimum Gasteiger partial charge on any atom is -0.475 e. The van der Waals surface area contributed by atoms with Crippen LogP contribution in [0.3, 0.4) is 0 Å². The second-order valence-corrected chi connectivity index (χ2v) is 7.16. The fraction of sp³-hybridized carbons (Fsp3) is 0.300. The van der Waals surface area contributed by atoms with E-state index in [1.165, 1.54) is 4.57 Å². The van der Waals surface area contributed by atoms with Crippen molar-refractivity contribution in [1.29, 1.82) is 5.26 Å². The maximum Gasteiger partial charge on any atom is 0.490 e. The van der Waals surface area contributed by atoms with Gasteiger partial charge in [0, 0.05) is 38.6 Å². The van der Waals surface area contributed by atoms with E-state index in [0.717, 1.165) is 29.9 Å². The van der Waals surface area contributed by atoms with Crippen molar-refractivity contribution in [1.82, 2.24) is 14.1 Å². The van der Waals surface area contributed by atoms with Gasteiger partial charge in [0.15, 0.2) is 5.65 Å². The van der Waals surface area contributed by atoms with Crippen molar-refractivity contribution in [3.8, 4) is 6.07 Å². The monoisotopic (exact) mass is 448 g/mol. The van der Waals surface area contributed by atoms with Crippen LogP contribution in [-0.2, 0) is 11.8 Å².